The van der Waals surface area contributed by atoms with Gasteiger partial charge in [-0.25, -0.2) is 9.67 Å². The molecule has 1 unspecified atom stereocenters. The van der Waals surface area contributed by atoms with Crippen LogP contribution in [0, 0.1) is 6.92 Å². The summed E-state index contributed by atoms with van der Waals surface area (Å²) in [7, 11) is 0. The Labute approximate surface area is 153 Å². The second-order valence-corrected chi connectivity index (χ2v) is 6.82. The largest absolute Gasteiger partial charge is 0.340 e. The van der Waals surface area contributed by atoms with E-state index in [9.17, 15) is 4.79 Å². The topological polar surface area (TPSA) is 56.0 Å². The first-order chi connectivity index (χ1) is 12.7. The van der Waals surface area contributed by atoms with E-state index in [-0.39, 0.29) is 5.91 Å². The predicted molar refractivity (Wildman–Crippen MR) is 99.1 cm³/mol. The summed E-state index contributed by atoms with van der Waals surface area (Å²) in [6.07, 6.45) is 10.1. The van der Waals surface area contributed by atoms with E-state index < -0.39 is 0 Å². The van der Waals surface area contributed by atoms with Crippen LogP contribution in [0.4, 0.5) is 0 Å². The molecule has 1 aliphatic heterocycles. The van der Waals surface area contributed by atoms with Crippen LogP contribution in [0.15, 0.2) is 55.1 Å². The van der Waals surface area contributed by atoms with Gasteiger partial charge in [-0.2, -0.15) is 5.10 Å². The van der Waals surface area contributed by atoms with Crippen LogP contribution in [-0.2, 0) is 11.2 Å². The molecule has 1 aliphatic rings. The summed E-state index contributed by atoms with van der Waals surface area (Å²) in [6, 6.07) is 10.3. The van der Waals surface area contributed by atoms with Crippen molar-refractivity contribution < 1.29 is 4.79 Å². The molecular weight excluding hydrogens is 326 g/mol. The number of carbonyl (C=O) groups excluding carboxylic acids is 1. The van der Waals surface area contributed by atoms with Crippen molar-refractivity contribution in [2.24, 2.45) is 0 Å². The maximum atomic E-state index is 12.8. The van der Waals surface area contributed by atoms with Crippen LogP contribution in [0.1, 0.15) is 30.3 Å². The van der Waals surface area contributed by atoms with Crippen LogP contribution in [-0.4, -0.2) is 43.2 Å². The Morgan fingerprint density at radius 3 is 2.88 bits per heavy atom. The number of benzene rings is 1. The number of rotatable bonds is 4. The first kappa shape index (κ1) is 16.6. The number of aryl methyl sites for hydroxylation is 1. The summed E-state index contributed by atoms with van der Waals surface area (Å²) >= 11 is 0. The van der Waals surface area contributed by atoms with Crippen molar-refractivity contribution in [1.29, 1.82) is 0 Å². The van der Waals surface area contributed by atoms with Crippen LogP contribution in [0.25, 0.3) is 5.69 Å². The molecule has 3 heterocycles. The van der Waals surface area contributed by atoms with Crippen LogP contribution in [0.2, 0.25) is 0 Å². The monoisotopic (exact) mass is 349 g/mol. The van der Waals surface area contributed by atoms with E-state index >= 15 is 0 Å². The molecule has 2 aromatic heterocycles. The van der Waals surface area contributed by atoms with E-state index in [1.807, 2.05) is 65.4 Å². The highest BCUT2D eigenvalue weighted by Crippen LogP contribution is 2.23. The molecular formula is C20H23N5O. The quantitative estimate of drug-likeness (QED) is 0.728. The van der Waals surface area contributed by atoms with Crippen molar-refractivity contribution in [3.05, 3.63) is 66.5 Å². The normalized spacial score (nSPS) is 17.4. The fourth-order valence-corrected chi connectivity index (χ4v) is 3.64. The third-order valence-electron chi connectivity index (χ3n) is 5.02. The van der Waals surface area contributed by atoms with Crippen LogP contribution >= 0.6 is 0 Å². The molecule has 0 N–H and O–H groups in total. The van der Waals surface area contributed by atoms with Gasteiger partial charge in [0.1, 0.15) is 5.82 Å². The van der Waals surface area contributed by atoms with Gasteiger partial charge in [0.15, 0.2) is 0 Å². The van der Waals surface area contributed by atoms with Crippen molar-refractivity contribution >= 4 is 5.91 Å². The summed E-state index contributed by atoms with van der Waals surface area (Å²) < 4.78 is 4.00. The highest BCUT2D eigenvalue weighted by atomic mass is 16.2. The Morgan fingerprint density at radius 1 is 1.27 bits per heavy atom. The Balaban J connectivity index is 1.42. The Hall–Kier alpha value is -2.89. The number of amides is 1. The fraction of sp³-hybridized carbons (Fsp3) is 0.350. The van der Waals surface area contributed by atoms with E-state index in [0.29, 0.717) is 12.5 Å². The predicted octanol–water partition coefficient (Wildman–Crippen LogP) is 2.78. The number of imidazole rings is 1. The Bertz CT molecular complexity index is 883. The van der Waals surface area contributed by atoms with Crippen molar-refractivity contribution in [3.8, 4) is 5.69 Å². The molecule has 0 bridgehead atoms. The molecule has 6 nitrogen and oxygen atoms in total. The number of likely N-dealkylation sites (tertiary alicyclic amines) is 1. The highest BCUT2D eigenvalue weighted by molar-refractivity contribution is 5.78. The van der Waals surface area contributed by atoms with E-state index in [1.165, 1.54) is 0 Å². The fourth-order valence-electron chi connectivity index (χ4n) is 3.64. The maximum absolute atomic E-state index is 12.8. The van der Waals surface area contributed by atoms with Crippen molar-refractivity contribution in [1.82, 2.24) is 24.2 Å². The zero-order valence-electron chi connectivity index (χ0n) is 15.0. The first-order valence-electron chi connectivity index (χ1n) is 9.07. The lowest BCUT2D eigenvalue weighted by Crippen LogP contribution is -2.41. The third kappa shape index (κ3) is 3.40. The summed E-state index contributed by atoms with van der Waals surface area (Å²) in [5, 5.41) is 4.39. The summed E-state index contributed by atoms with van der Waals surface area (Å²) in [6.45, 7) is 3.59. The van der Waals surface area contributed by atoms with E-state index in [1.54, 1.807) is 6.20 Å². The minimum Gasteiger partial charge on any atom is -0.340 e. The lowest BCUT2D eigenvalue weighted by atomic mass is 10.0. The summed E-state index contributed by atoms with van der Waals surface area (Å²) in [5.74, 6) is 1.17. The molecule has 26 heavy (non-hydrogen) atoms. The highest BCUT2D eigenvalue weighted by Gasteiger charge is 2.25. The second-order valence-electron chi connectivity index (χ2n) is 6.82. The molecule has 1 saturated heterocycles. The average molecular weight is 349 g/mol. The standard InChI is InChI=1S/C20H23N5O/c1-16-21-9-11-24(16)19-8-5-10-23(15-19)20(26)12-17-13-22-25(14-17)18-6-3-2-4-7-18/h2-4,6-7,9,11,13-14,19H,5,8,10,12,15H2,1H3. The number of aromatic nitrogens is 4. The molecule has 0 aliphatic carbocycles. The first-order valence-corrected chi connectivity index (χ1v) is 9.07. The van der Waals surface area contributed by atoms with E-state index in [4.69, 9.17) is 0 Å². The number of piperidine rings is 1. The van der Waals surface area contributed by atoms with Gasteiger partial charge in [0, 0.05) is 31.7 Å². The van der Waals surface area contributed by atoms with Gasteiger partial charge in [0.05, 0.1) is 24.3 Å². The smallest absolute Gasteiger partial charge is 0.227 e. The molecule has 3 aromatic rings. The Kier molecular flexibility index (Phi) is 4.56. The number of hydrogen-bond acceptors (Lipinski definition) is 3. The molecule has 1 atom stereocenters. The molecule has 1 amide bonds. The van der Waals surface area contributed by atoms with Gasteiger partial charge in [-0.3, -0.25) is 4.79 Å². The lowest BCUT2D eigenvalue weighted by molar-refractivity contribution is -0.132. The van der Waals surface area contributed by atoms with Crippen LogP contribution in [0.5, 0.6) is 0 Å². The molecule has 4 rings (SSSR count). The zero-order valence-corrected chi connectivity index (χ0v) is 15.0. The minimum atomic E-state index is 0.167. The lowest BCUT2D eigenvalue weighted by Gasteiger charge is -2.34. The van der Waals surface area contributed by atoms with Crippen LogP contribution < -0.4 is 0 Å². The number of carbonyl (C=O) groups is 1. The molecule has 0 spiro atoms. The zero-order chi connectivity index (χ0) is 17.9. The molecule has 0 saturated carbocycles. The van der Waals surface area contributed by atoms with Gasteiger partial charge in [0.2, 0.25) is 5.91 Å². The van der Waals surface area contributed by atoms with Gasteiger partial charge >= 0.3 is 0 Å². The number of nitrogens with zero attached hydrogens (tertiary/aromatic N) is 5. The number of hydrogen-bond donors (Lipinski definition) is 0. The van der Waals surface area contributed by atoms with Crippen molar-refractivity contribution in [3.63, 3.8) is 0 Å². The van der Waals surface area contributed by atoms with Gasteiger partial charge < -0.3 is 9.47 Å². The van der Waals surface area contributed by atoms with Gasteiger partial charge in [0.25, 0.3) is 0 Å². The van der Waals surface area contributed by atoms with E-state index in [0.717, 1.165) is 43.0 Å². The van der Waals surface area contributed by atoms with Gasteiger partial charge in [-0.05, 0) is 37.5 Å². The van der Waals surface area contributed by atoms with Gasteiger partial charge in [-0.15, -0.1) is 0 Å². The summed E-state index contributed by atoms with van der Waals surface area (Å²) in [4.78, 5) is 19.1. The molecule has 0 radical (unpaired) electrons. The van der Waals surface area contributed by atoms with E-state index in [2.05, 4.69) is 14.6 Å². The molecule has 1 fully saturated rings. The Morgan fingerprint density at radius 2 is 2.12 bits per heavy atom. The molecule has 6 heteroatoms. The van der Waals surface area contributed by atoms with Crippen molar-refractivity contribution in [2.75, 3.05) is 13.1 Å². The maximum Gasteiger partial charge on any atom is 0.227 e. The SMILES string of the molecule is Cc1nccn1C1CCCN(C(=O)Cc2cnn(-c3ccccc3)c2)C1. The summed E-state index contributed by atoms with van der Waals surface area (Å²) in [5.41, 5.74) is 1.94. The molecule has 1 aromatic carbocycles. The second kappa shape index (κ2) is 7.15. The third-order valence-corrected chi connectivity index (χ3v) is 5.02. The van der Waals surface area contributed by atoms with Crippen molar-refractivity contribution in [2.45, 2.75) is 32.2 Å². The van der Waals surface area contributed by atoms with Gasteiger partial charge in [-0.1, -0.05) is 18.2 Å². The average Bonchev–Trinajstić information content (AvgIpc) is 3.31. The molecule has 134 valence electrons. The van der Waals surface area contributed by atoms with Crippen LogP contribution in [0.3, 0.4) is 0 Å². The minimum absolute atomic E-state index is 0.167. The number of para-hydroxylation sites is 1.